The summed E-state index contributed by atoms with van der Waals surface area (Å²) in [6, 6.07) is 7.72. The number of rotatable bonds is 5. The molecule has 0 spiro atoms. The molecular formula is C13H17N3O. The van der Waals surface area contributed by atoms with E-state index in [2.05, 4.69) is 12.0 Å². The molecule has 1 aromatic carbocycles. The van der Waals surface area contributed by atoms with E-state index in [9.17, 15) is 0 Å². The number of ether oxygens (including phenoxy) is 1. The SMILES string of the molecule is CCn1cc(COCc2ccc(N)cc2)cn1. The van der Waals surface area contributed by atoms with Crippen molar-refractivity contribution in [1.82, 2.24) is 9.78 Å². The molecule has 0 saturated carbocycles. The van der Waals surface area contributed by atoms with Crippen LogP contribution in [-0.2, 0) is 24.5 Å². The van der Waals surface area contributed by atoms with Crippen LogP contribution in [0.5, 0.6) is 0 Å². The van der Waals surface area contributed by atoms with Gasteiger partial charge in [0.1, 0.15) is 0 Å². The van der Waals surface area contributed by atoms with Gasteiger partial charge in [-0.15, -0.1) is 0 Å². The fourth-order valence-electron chi connectivity index (χ4n) is 1.55. The summed E-state index contributed by atoms with van der Waals surface area (Å²) in [5.74, 6) is 0. The molecule has 0 aliphatic heterocycles. The topological polar surface area (TPSA) is 53.1 Å². The Morgan fingerprint density at radius 1 is 1.18 bits per heavy atom. The van der Waals surface area contributed by atoms with E-state index in [0.29, 0.717) is 13.2 Å². The molecule has 1 heterocycles. The van der Waals surface area contributed by atoms with Crippen molar-refractivity contribution in [1.29, 1.82) is 0 Å². The Morgan fingerprint density at radius 2 is 1.88 bits per heavy atom. The summed E-state index contributed by atoms with van der Waals surface area (Å²) < 4.78 is 7.50. The van der Waals surface area contributed by atoms with Crippen molar-refractivity contribution >= 4 is 5.69 Å². The fourth-order valence-corrected chi connectivity index (χ4v) is 1.55. The predicted molar refractivity (Wildman–Crippen MR) is 67.2 cm³/mol. The first-order valence-electron chi connectivity index (χ1n) is 5.71. The van der Waals surface area contributed by atoms with Gasteiger partial charge < -0.3 is 10.5 Å². The maximum absolute atomic E-state index is 5.61. The van der Waals surface area contributed by atoms with E-state index < -0.39 is 0 Å². The van der Waals surface area contributed by atoms with E-state index in [0.717, 1.165) is 23.4 Å². The number of benzene rings is 1. The van der Waals surface area contributed by atoms with E-state index in [-0.39, 0.29) is 0 Å². The molecular weight excluding hydrogens is 214 g/mol. The molecule has 2 N–H and O–H groups in total. The Balaban J connectivity index is 1.81. The highest BCUT2D eigenvalue weighted by Gasteiger charge is 1.98. The highest BCUT2D eigenvalue weighted by Crippen LogP contribution is 2.08. The first-order chi connectivity index (χ1) is 8.28. The largest absolute Gasteiger partial charge is 0.399 e. The van der Waals surface area contributed by atoms with Crippen molar-refractivity contribution in [2.24, 2.45) is 0 Å². The predicted octanol–water partition coefficient (Wildman–Crippen LogP) is 2.20. The molecule has 4 heteroatoms. The molecule has 4 nitrogen and oxygen atoms in total. The van der Waals surface area contributed by atoms with Gasteiger partial charge in [0.2, 0.25) is 0 Å². The highest BCUT2D eigenvalue weighted by atomic mass is 16.5. The van der Waals surface area contributed by atoms with E-state index >= 15 is 0 Å². The minimum atomic E-state index is 0.588. The van der Waals surface area contributed by atoms with Crippen molar-refractivity contribution in [2.45, 2.75) is 26.7 Å². The van der Waals surface area contributed by atoms with Gasteiger partial charge >= 0.3 is 0 Å². The average molecular weight is 231 g/mol. The van der Waals surface area contributed by atoms with Gasteiger partial charge in [-0.25, -0.2) is 0 Å². The fraction of sp³-hybridized carbons (Fsp3) is 0.308. The molecule has 1 aromatic heterocycles. The lowest BCUT2D eigenvalue weighted by molar-refractivity contribution is 0.107. The Labute approximate surface area is 101 Å². The average Bonchev–Trinajstić information content (AvgIpc) is 2.80. The zero-order chi connectivity index (χ0) is 12.1. The number of anilines is 1. The van der Waals surface area contributed by atoms with E-state index in [1.54, 1.807) is 0 Å². The van der Waals surface area contributed by atoms with Crippen LogP contribution in [0.25, 0.3) is 0 Å². The van der Waals surface area contributed by atoms with Crippen LogP contribution in [0.1, 0.15) is 18.1 Å². The smallest absolute Gasteiger partial charge is 0.0752 e. The van der Waals surface area contributed by atoms with Gasteiger partial charge in [-0.1, -0.05) is 12.1 Å². The monoisotopic (exact) mass is 231 g/mol. The molecule has 0 unspecified atom stereocenters. The molecule has 0 radical (unpaired) electrons. The van der Waals surface area contributed by atoms with Crippen molar-refractivity contribution in [3.63, 3.8) is 0 Å². The highest BCUT2D eigenvalue weighted by molar-refractivity contribution is 5.39. The maximum atomic E-state index is 5.61. The van der Waals surface area contributed by atoms with Gasteiger partial charge in [0, 0.05) is 24.0 Å². The number of hydrogen-bond acceptors (Lipinski definition) is 3. The Hall–Kier alpha value is -1.81. The number of nitrogen functional groups attached to an aromatic ring is 1. The summed E-state index contributed by atoms with van der Waals surface area (Å²) in [5.41, 5.74) is 8.61. The van der Waals surface area contributed by atoms with Gasteiger partial charge in [0.15, 0.2) is 0 Å². The van der Waals surface area contributed by atoms with Gasteiger partial charge in [0.05, 0.1) is 19.4 Å². The second kappa shape index (κ2) is 5.50. The number of nitrogens with zero attached hydrogens (tertiary/aromatic N) is 2. The van der Waals surface area contributed by atoms with Gasteiger partial charge in [-0.2, -0.15) is 5.10 Å². The lowest BCUT2D eigenvalue weighted by Gasteiger charge is -2.03. The first-order valence-corrected chi connectivity index (χ1v) is 5.71. The third-order valence-corrected chi connectivity index (χ3v) is 2.53. The summed E-state index contributed by atoms with van der Waals surface area (Å²) in [6.45, 7) is 4.13. The van der Waals surface area contributed by atoms with E-state index in [1.807, 2.05) is 41.3 Å². The number of aromatic nitrogens is 2. The van der Waals surface area contributed by atoms with Crippen LogP contribution in [0.4, 0.5) is 5.69 Å². The minimum absolute atomic E-state index is 0.588. The third kappa shape index (κ3) is 3.32. The lowest BCUT2D eigenvalue weighted by Crippen LogP contribution is -1.95. The summed E-state index contributed by atoms with van der Waals surface area (Å²) in [5, 5.41) is 4.19. The molecule has 0 saturated heterocycles. The summed E-state index contributed by atoms with van der Waals surface area (Å²) in [4.78, 5) is 0. The summed E-state index contributed by atoms with van der Waals surface area (Å²) in [6.07, 6.45) is 3.84. The number of hydrogen-bond donors (Lipinski definition) is 1. The quantitative estimate of drug-likeness (QED) is 0.803. The van der Waals surface area contributed by atoms with E-state index in [4.69, 9.17) is 10.5 Å². The molecule has 90 valence electrons. The van der Waals surface area contributed by atoms with Crippen molar-refractivity contribution in [2.75, 3.05) is 5.73 Å². The molecule has 0 atom stereocenters. The third-order valence-electron chi connectivity index (χ3n) is 2.53. The first kappa shape index (κ1) is 11.7. The number of aryl methyl sites for hydroxylation is 1. The van der Waals surface area contributed by atoms with Crippen LogP contribution in [-0.4, -0.2) is 9.78 Å². The van der Waals surface area contributed by atoms with Gasteiger partial charge in [0.25, 0.3) is 0 Å². The van der Waals surface area contributed by atoms with Crippen LogP contribution in [0, 0.1) is 0 Å². The molecule has 17 heavy (non-hydrogen) atoms. The number of nitrogens with two attached hydrogens (primary N) is 1. The minimum Gasteiger partial charge on any atom is -0.399 e. The van der Waals surface area contributed by atoms with Crippen LogP contribution >= 0.6 is 0 Å². The molecule has 0 aliphatic carbocycles. The standard InChI is InChI=1S/C13H17N3O/c1-2-16-8-12(7-15-16)10-17-9-11-3-5-13(14)6-4-11/h3-8H,2,9-10,14H2,1H3. The Bertz CT molecular complexity index is 462. The van der Waals surface area contributed by atoms with Crippen molar-refractivity contribution in [3.05, 3.63) is 47.8 Å². The molecule has 0 aliphatic rings. The second-order valence-corrected chi connectivity index (χ2v) is 3.94. The van der Waals surface area contributed by atoms with Gasteiger partial charge in [-0.3, -0.25) is 4.68 Å². The molecule has 2 rings (SSSR count). The Kier molecular flexibility index (Phi) is 3.77. The van der Waals surface area contributed by atoms with Crippen molar-refractivity contribution < 1.29 is 4.74 Å². The van der Waals surface area contributed by atoms with Crippen LogP contribution in [0.15, 0.2) is 36.7 Å². The second-order valence-electron chi connectivity index (χ2n) is 3.94. The van der Waals surface area contributed by atoms with Gasteiger partial charge in [-0.05, 0) is 24.6 Å². The summed E-state index contributed by atoms with van der Waals surface area (Å²) in [7, 11) is 0. The molecule has 0 bridgehead atoms. The van der Waals surface area contributed by atoms with Crippen molar-refractivity contribution in [3.8, 4) is 0 Å². The molecule has 0 fully saturated rings. The zero-order valence-electron chi connectivity index (χ0n) is 9.97. The Morgan fingerprint density at radius 3 is 2.53 bits per heavy atom. The zero-order valence-corrected chi connectivity index (χ0v) is 9.97. The van der Waals surface area contributed by atoms with Crippen LogP contribution < -0.4 is 5.73 Å². The normalized spacial score (nSPS) is 10.6. The lowest BCUT2D eigenvalue weighted by atomic mass is 10.2. The van der Waals surface area contributed by atoms with Crippen LogP contribution in [0.2, 0.25) is 0 Å². The molecule has 0 amide bonds. The van der Waals surface area contributed by atoms with E-state index in [1.165, 1.54) is 0 Å². The molecule has 2 aromatic rings. The maximum Gasteiger partial charge on any atom is 0.0752 e. The summed E-state index contributed by atoms with van der Waals surface area (Å²) >= 11 is 0. The van der Waals surface area contributed by atoms with Crippen LogP contribution in [0.3, 0.4) is 0 Å².